The summed E-state index contributed by atoms with van der Waals surface area (Å²) in [4.78, 5) is 27.3. The van der Waals surface area contributed by atoms with Crippen molar-refractivity contribution >= 4 is 12.2 Å². The predicted octanol–water partition coefficient (Wildman–Crippen LogP) is 5.26. The maximum Gasteiger partial charge on any atom is 0.519 e. The number of carbonyl (C=O) groups excluding carboxylic acids is 2. The van der Waals surface area contributed by atoms with E-state index in [1.807, 2.05) is 69.3 Å². The van der Waals surface area contributed by atoms with Crippen molar-refractivity contribution in [2.24, 2.45) is 0 Å². The van der Waals surface area contributed by atoms with Crippen LogP contribution in [0.3, 0.4) is 0 Å². The number of hydrogen-bond donors (Lipinski definition) is 0. The van der Waals surface area contributed by atoms with Crippen molar-refractivity contribution in [1.82, 2.24) is 4.90 Å². The fraction of sp³-hybridized carbons (Fsp3) is 0.481. The van der Waals surface area contributed by atoms with Crippen LogP contribution in [0.1, 0.15) is 50.3 Å². The summed E-state index contributed by atoms with van der Waals surface area (Å²) >= 11 is 0. The SMILES string of the molecule is CC(C)(C)OC(=O)N1CCc2c(cccc2OC[N+]2(C(=O)OCc3ccccc3)CCCC2)C1. The molecule has 2 aliphatic rings. The molecule has 0 aromatic heterocycles. The van der Waals surface area contributed by atoms with Crippen LogP contribution in [-0.4, -0.2) is 53.5 Å². The zero-order chi connectivity index (χ0) is 24.2. The zero-order valence-corrected chi connectivity index (χ0v) is 20.4. The standard InChI is InChI=1S/C27H35N2O5/c1-27(2,3)34-25(30)28-15-14-23-22(18-28)12-9-13-24(23)33-20-29(16-7-8-17-29)26(31)32-19-21-10-5-4-6-11-21/h4-6,9-13H,7-8,14-20H2,1-3H3/q+1. The third-order valence-corrected chi connectivity index (χ3v) is 6.36. The first-order valence-electron chi connectivity index (χ1n) is 12.0. The third kappa shape index (κ3) is 5.70. The molecule has 182 valence electrons. The minimum Gasteiger partial charge on any atom is -0.444 e. The molecule has 0 spiro atoms. The van der Waals surface area contributed by atoms with Crippen molar-refractivity contribution in [2.75, 3.05) is 26.4 Å². The van der Waals surface area contributed by atoms with Gasteiger partial charge in [-0.15, -0.1) is 0 Å². The Labute approximate surface area is 201 Å². The molecule has 1 fully saturated rings. The van der Waals surface area contributed by atoms with E-state index in [0.717, 1.165) is 48.4 Å². The van der Waals surface area contributed by atoms with E-state index in [-0.39, 0.29) is 30.0 Å². The summed E-state index contributed by atoms with van der Waals surface area (Å²) < 4.78 is 17.7. The molecule has 0 radical (unpaired) electrons. The highest BCUT2D eigenvalue weighted by atomic mass is 16.6. The molecular formula is C27H35N2O5+. The van der Waals surface area contributed by atoms with Crippen LogP contribution in [0.25, 0.3) is 0 Å². The maximum atomic E-state index is 13.1. The molecule has 4 rings (SSSR count). The lowest BCUT2D eigenvalue weighted by atomic mass is 9.99. The number of quaternary nitrogens is 1. The maximum absolute atomic E-state index is 13.1. The first-order chi connectivity index (χ1) is 16.3. The molecule has 2 aromatic carbocycles. The Hall–Kier alpha value is -3.06. The number of fused-ring (bicyclic) bond motifs is 1. The Kier molecular flexibility index (Phi) is 7.12. The summed E-state index contributed by atoms with van der Waals surface area (Å²) in [5.41, 5.74) is 2.60. The van der Waals surface area contributed by atoms with Gasteiger partial charge in [-0.05, 0) is 44.4 Å². The van der Waals surface area contributed by atoms with Crippen molar-refractivity contribution in [3.8, 4) is 5.75 Å². The van der Waals surface area contributed by atoms with Gasteiger partial charge in [0.1, 0.15) is 18.0 Å². The molecule has 0 atom stereocenters. The smallest absolute Gasteiger partial charge is 0.444 e. The molecule has 2 aromatic rings. The highest BCUT2D eigenvalue weighted by molar-refractivity contribution is 5.69. The molecule has 2 amide bonds. The Balaban J connectivity index is 1.41. The van der Waals surface area contributed by atoms with E-state index in [4.69, 9.17) is 14.2 Å². The number of benzene rings is 2. The molecule has 0 bridgehead atoms. The van der Waals surface area contributed by atoms with Crippen molar-refractivity contribution in [3.63, 3.8) is 0 Å². The largest absolute Gasteiger partial charge is 0.519 e. The van der Waals surface area contributed by atoms with E-state index in [1.54, 1.807) is 4.90 Å². The fourth-order valence-electron chi connectivity index (χ4n) is 4.55. The van der Waals surface area contributed by atoms with Gasteiger partial charge in [-0.3, -0.25) is 0 Å². The molecule has 0 aliphatic carbocycles. The van der Waals surface area contributed by atoms with Gasteiger partial charge in [-0.25, -0.2) is 4.79 Å². The molecule has 7 heteroatoms. The topological polar surface area (TPSA) is 65.1 Å². The summed E-state index contributed by atoms with van der Waals surface area (Å²) in [6.07, 6.45) is 2.10. The molecule has 1 saturated heterocycles. The molecule has 0 N–H and O–H groups in total. The lowest BCUT2D eigenvalue weighted by Gasteiger charge is -2.33. The zero-order valence-electron chi connectivity index (χ0n) is 20.4. The number of hydrogen-bond acceptors (Lipinski definition) is 5. The van der Waals surface area contributed by atoms with E-state index in [9.17, 15) is 9.59 Å². The Morgan fingerprint density at radius 1 is 1.00 bits per heavy atom. The molecule has 0 saturated carbocycles. The van der Waals surface area contributed by atoms with Crippen LogP contribution in [0.5, 0.6) is 5.75 Å². The summed E-state index contributed by atoms with van der Waals surface area (Å²) in [6, 6.07) is 15.6. The summed E-state index contributed by atoms with van der Waals surface area (Å²) in [5, 5.41) is 0. The van der Waals surface area contributed by atoms with Crippen LogP contribution < -0.4 is 4.74 Å². The van der Waals surface area contributed by atoms with Crippen molar-refractivity contribution in [2.45, 2.75) is 58.8 Å². The third-order valence-electron chi connectivity index (χ3n) is 6.36. The van der Waals surface area contributed by atoms with Crippen LogP contribution in [-0.2, 0) is 29.0 Å². The van der Waals surface area contributed by atoms with E-state index >= 15 is 0 Å². The Morgan fingerprint density at radius 3 is 2.44 bits per heavy atom. The number of nitrogens with zero attached hydrogens (tertiary/aromatic N) is 2. The molecule has 2 aliphatic heterocycles. The van der Waals surface area contributed by atoms with Gasteiger partial charge in [0.15, 0.2) is 0 Å². The number of ether oxygens (including phenoxy) is 3. The van der Waals surface area contributed by atoms with E-state index < -0.39 is 5.60 Å². The number of carbonyl (C=O) groups is 2. The van der Waals surface area contributed by atoms with Crippen LogP contribution >= 0.6 is 0 Å². The van der Waals surface area contributed by atoms with Crippen molar-refractivity contribution < 1.29 is 28.3 Å². The molecule has 34 heavy (non-hydrogen) atoms. The number of likely N-dealkylation sites (tertiary alicyclic amines) is 1. The second kappa shape index (κ2) is 10.1. The second-order valence-corrected chi connectivity index (χ2v) is 10.2. The van der Waals surface area contributed by atoms with Crippen molar-refractivity contribution in [3.05, 3.63) is 65.2 Å². The lowest BCUT2D eigenvalue weighted by Crippen LogP contribution is -2.53. The molecule has 7 nitrogen and oxygen atoms in total. The Bertz CT molecular complexity index is 1010. The highest BCUT2D eigenvalue weighted by Crippen LogP contribution is 2.30. The minimum atomic E-state index is -0.523. The van der Waals surface area contributed by atoms with E-state index in [2.05, 4.69) is 0 Å². The average molecular weight is 468 g/mol. The minimum absolute atomic E-state index is 0.181. The number of amides is 2. The van der Waals surface area contributed by atoms with Crippen LogP contribution in [0.2, 0.25) is 0 Å². The van der Waals surface area contributed by atoms with Gasteiger partial charge in [0, 0.05) is 31.5 Å². The van der Waals surface area contributed by atoms with Gasteiger partial charge in [-0.2, -0.15) is 9.28 Å². The van der Waals surface area contributed by atoms with Gasteiger partial charge in [-0.1, -0.05) is 42.5 Å². The molecule has 0 unspecified atom stereocenters. The lowest BCUT2D eigenvalue weighted by molar-refractivity contribution is -0.862. The van der Waals surface area contributed by atoms with Crippen LogP contribution in [0.15, 0.2) is 48.5 Å². The second-order valence-electron chi connectivity index (χ2n) is 10.2. The van der Waals surface area contributed by atoms with Crippen LogP contribution in [0.4, 0.5) is 9.59 Å². The van der Waals surface area contributed by atoms with Gasteiger partial charge in [0.2, 0.25) is 6.73 Å². The first kappa shape index (κ1) is 24.1. The quantitative estimate of drug-likeness (QED) is 0.561. The van der Waals surface area contributed by atoms with Gasteiger partial charge in [0.05, 0.1) is 13.1 Å². The molecule has 2 heterocycles. The predicted molar refractivity (Wildman–Crippen MR) is 128 cm³/mol. The monoisotopic (exact) mass is 467 g/mol. The van der Waals surface area contributed by atoms with E-state index in [0.29, 0.717) is 19.5 Å². The van der Waals surface area contributed by atoms with Gasteiger partial charge < -0.3 is 19.1 Å². The fourth-order valence-corrected chi connectivity index (χ4v) is 4.55. The van der Waals surface area contributed by atoms with Crippen molar-refractivity contribution in [1.29, 1.82) is 0 Å². The van der Waals surface area contributed by atoms with E-state index in [1.165, 1.54) is 0 Å². The summed E-state index contributed by atoms with van der Waals surface area (Å²) in [6.45, 7) is 8.62. The van der Waals surface area contributed by atoms with Gasteiger partial charge >= 0.3 is 12.2 Å². The average Bonchev–Trinajstić information content (AvgIpc) is 3.30. The summed E-state index contributed by atoms with van der Waals surface area (Å²) in [7, 11) is 0. The normalized spacial score (nSPS) is 17.1. The van der Waals surface area contributed by atoms with Crippen LogP contribution in [0, 0.1) is 0 Å². The summed E-state index contributed by atoms with van der Waals surface area (Å²) in [5.74, 6) is 0.779. The first-order valence-corrected chi connectivity index (χ1v) is 12.0. The number of rotatable bonds is 5. The Morgan fingerprint density at radius 2 is 1.74 bits per heavy atom. The molecular weight excluding hydrogens is 432 g/mol. The highest BCUT2D eigenvalue weighted by Gasteiger charge is 2.43. The van der Waals surface area contributed by atoms with Gasteiger partial charge in [0.25, 0.3) is 0 Å².